The van der Waals surface area contributed by atoms with E-state index >= 15 is 0 Å². The van der Waals surface area contributed by atoms with Gasteiger partial charge in [-0.25, -0.2) is 8.42 Å². The van der Waals surface area contributed by atoms with Crippen molar-refractivity contribution >= 4 is 31.9 Å². The molecule has 1 aromatic carbocycles. The van der Waals surface area contributed by atoms with Crippen molar-refractivity contribution in [2.75, 3.05) is 0 Å². The van der Waals surface area contributed by atoms with E-state index in [1.807, 2.05) is 0 Å². The van der Waals surface area contributed by atoms with Gasteiger partial charge in [-0.15, -0.1) is 4.83 Å². The van der Waals surface area contributed by atoms with E-state index in [0.29, 0.717) is 5.69 Å². The van der Waals surface area contributed by atoms with Crippen LogP contribution in [-0.2, 0) is 17.1 Å². The molecule has 0 bridgehead atoms. The Labute approximate surface area is 124 Å². The minimum absolute atomic E-state index is 0.0629. The molecule has 0 spiro atoms. The molecule has 0 saturated heterocycles. The number of amides is 1. The third kappa shape index (κ3) is 3.27. The van der Waals surface area contributed by atoms with E-state index in [9.17, 15) is 13.2 Å². The number of benzene rings is 1. The van der Waals surface area contributed by atoms with Crippen molar-refractivity contribution in [1.29, 1.82) is 0 Å². The molecule has 6 nitrogen and oxygen atoms in total. The fourth-order valence-corrected chi connectivity index (χ4v) is 2.65. The van der Waals surface area contributed by atoms with E-state index in [0.717, 1.165) is 4.47 Å². The third-order valence-corrected chi connectivity index (χ3v) is 4.39. The summed E-state index contributed by atoms with van der Waals surface area (Å²) in [7, 11) is -2.10. The van der Waals surface area contributed by atoms with Crippen molar-refractivity contribution in [2.45, 2.75) is 4.90 Å². The molecule has 0 atom stereocenters. The van der Waals surface area contributed by atoms with Crippen molar-refractivity contribution in [3.05, 3.63) is 52.8 Å². The average Bonchev–Trinajstić information content (AvgIpc) is 2.83. The van der Waals surface area contributed by atoms with Crippen LogP contribution in [0.1, 0.15) is 10.5 Å². The van der Waals surface area contributed by atoms with Crippen molar-refractivity contribution in [2.24, 2.45) is 7.05 Å². The molecule has 0 fully saturated rings. The summed E-state index contributed by atoms with van der Waals surface area (Å²) in [6, 6.07) is 9.35. The van der Waals surface area contributed by atoms with E-state index in [4.69, 9.17) is 0 Å². The number of carbonyl (C=O) groups excluding carboxylic acids is 1. The lowest BCUT2D eigenvalue weighted by atomic mass is 10.4. The van der Waals surface area contributed by atoms with Crippen LogP contribution >= 0.6 is 15.9 Å². The monoisotopic (exact) mass is 357 g/mol. The highest BCUT2D eigenvalue weighted by Crippen LogP contribution is 2.14. The number of aromatic nitrogens is 1. The maximum atomic E-state index is 12.0. The number of rotatable bonds is 4. The lowest BCUT2D eigenvalue weighted by Crippen LogP contribution is -2.42. The zero-order valence-electron chi connectivity index (χ0n) is 10.5. The van der Waals surface area contributed by atoms with Crippen LogP contribution in [0.25, 0.3) is 0 Å². The van der Waals surface area contributed by atoms with E-state index < -0.39 is 15.9 Å². The van der Waals surface area contributed by atoms with Gasteiger partial charge in [-0.2, -0.15) is 0 Å². The lowest BCUT2D eigenvalue weighted by molar-refractivity contribution is 0.0937. The van der Waals surface area contributed by atoms with Crippen molar-refractivity contribution in [1.82, 2.24) is 14.8 Å². The average molecular weight is 358 g/mol. The molecule has 0 aliphatic carbocycles. The normalized spacial score (nSPS) is 11.3. The Morgan fingerprint density at radius 1 is 1.20 bits per heavy atom. The van der Waals surface area contributed by atoms with Crippen LogP contribution in [-0.4, -0.2) is 18.9 Å². The van der Waals surface area contributed by atoms with E-state index in [-0.39, 0.29) is 4.90 Å². The minimum atomic E-state index is -3.79. The van der Waals surface area contributed by atoms with Crippen LogP contribution in [0.4, 0.5) is 0 Å². The molecule has 0 aliphatic rings. The molecule has 0 unspecified atom stereocenters. The SMILES string of the molecule is Cn1cccc1C(=O)NNS(=O)(=O)c1ccc(Br)cc1. The minimum Gasteiger partial charge on any atom is -0.347 e. The maximum absolute atomic E-state index is 12.0. The van der Waals surface area contributed by atoms with Crippen molar-refractivity contribution in [3.8, 4) is 0 Å². The van der Waals surface area contributed by atoms with Gasteiger partial charge in [0.1, 0.15) is 5.69 Å². The number of nitrogens with one attached hydrogen (secondary N) is 2. The molecule has 2 rings (SSSR count). The Hall–Kier alpha value is -1.64. The number of halogens is 1. The van der Waals surface area contributed by atoms with Gasteiger partial charge in [0.2, 0.25) is 0 Å². The second-order valence-electron chi connectivity index (χ2n) is 4.02. The first-order chi connectivity index (χ1) is 9.40. The summed E-state index contributed by atoms with van der Waals surface area (Å²) in [5.41, 5.74) is 2.52. The van der Waals surface area contributed by atoms with Crippen LogP contribution < -0.4 is 10.3 Å². The van der Waals surface area contributed by atoms with Crippen LogP contribution in [0.3, 0.4) is 0 Å². The Kier molecular flexibility index (Phi) is 4.26. The van der Waals surface area contributed by atoms with E-state index in [2.05, 4.69) is 26.2 Å². The summed E-state index contributed by atoms with van der Waals surface area (Å²) in [6.07, 6.45) is 1.69. The second kappa shape index (κ2) is 5.78. The van der Waals surface area contributed by atoms with Crippen molar-refractivity contribution in [3.63, 3.8) is 0 Å². The largest absolute Gasteiger partial charge is 0.347 e. The molecule has 0 radical (unpaired) electrons. The molecular weight excluding hydrogens is 346 g/mol. The van der Waals surface area contributed by atoms with Crippen LogP contribution in [0.15, 0.2) is 52.0 Å². The number of aryl methyl sites for hydroxylation is 1. The standard InChI is InChI=1S/C12H12BrN3O3S/c1-16-8-2-3-11(16)12(17)14-15-20(18,19)10-6-4-9(13)5-7-10/h2-8,15H,1H3,(H,14,17). The van der Waals surface area contributed by atoms with Gasteiger partial charge in [-0.3, -0.25) is 10.2 Å². The van der Waals surface area contributed by atoms with Crippen LogP contribution in [0, 0.1) is 0 Å². The van der Waals surface area contributed by atoms with Crippen LogP contribution in [0.2, 0.25) is 0 Å². The highest BCUT2D eigenvalue weighted by molar-refractivity contribution is 9.10. The molecule has 1 heterocycles. The van der Waals surface area contributed by atoms with E-state index in [1.165, 1.54) is 12.1 Å². The first kappa shape index (κ1) is 14.8. The predicted octanol–water partition coefficient (Wildman–Crippen LogP) is 1.41. The summed E-state index contributed by atoms with van der Waals surface area (Å²) in [5.74, 6) is -0.529. The molecule has 8 heteroatoms. The number of hydrogen-bond donors (Lipinski definition) is 2. The zero-order valence-corrected chi connectivity index (χ0v) is 12.9. The van der Waals surface area contributed by atoms with Gasteiger partial charge in [-0.05, 0) is 36.4 Å². The smallest absolute Gasteiger partial charge is 0.282 e. The fraction of sp³-hybridized carbons (Fsp3) is 0.0833. The Morgan fingerprint density at radius 3 is 2.40 bits per heavy atom. The molecule has 0 saturated carbocycles. The molecule has 1 aromatic heterocycles. The lowest BCUT2D eigenvalue weighted by Gasteiger charge is -2.09. The maximum Gasteiger partial charge on any atom is 0.282 e. The summed E-state index contributed by atoms with van der Waals surface area (Å²) < 4.78 is 26.3. The molecular formula is C12H12BrN3O3S. The number of hydrogen-bond acceptors (Lipinski definition) is 3. The van der Waals surface area contributed by atoms with Gasteiger partial charge in [0.25, 0.3) is 15.9 Å². The van der Waals surface area contributed by atoms with Gasteiger partial charge in [0, 0.05) is 17.7 Å². The molecule has 1 amide bonds. The summed E-state index contributed by atoms with van der Waals surface area (Å²) in [6.45, 7) is 0. The molecule has 20 heavy (non-hydrogen) atoms. The zero-order chi connectivity index (χ0) is 14.8. The third-order valence-electron chi connectivity index (χ3n) is 2.60. The summed E-state index contributed by atoms with van der Waals surface area (Å²) in [4.78, 5) is 13.9. The molecule has 0 aliphatic heterocycles. The number of nitrogens with zero attached hydrogens (tertiary/aromatic N) is 1. The van der Waals surface area contributed by atoms with Gasteiger partial charge in [-0.1, -0.05) is 15.9 Å². The molecule has 2 N–H and O–H groups in total. The topological polar surface area (TPSA) is 80.2 Å². The number of carbonyl (C=O) groups is 1. The summed E-state index contributed by atoms with van der Waals surface area (Å²) in [5, 5.41) is 0. The Bertz CT molecular complexity index is 723. The predicted molar refractivity (Wildman–Crippen MR) is 77.3 cm³/mol. The highest BCUT2D eigenvalue weighted by atomic mass is 79.9. The Morgan fingerprint density at radius 2 is 1.85 bits per heavy atom. The fourth-order valence-electron chi connectivity index (χ4n) is 1.55. The van der Waals surface area contributed by atoms with E-state index in [1.54, 1.807) is 42.1 Å². The number of hydrazine groups is 1. The Balaban J connectivity index is 2.08. The van der Waals surface area contributed by atoms with Gasteiger partial charge in [0.15, 0.2) is 0 Å². The number of sulfonamides is 1. The molecule has 106 valence electrons. The molecule has 2 aromatic rings. The summed E-state index contributed by atoms with van der Waals surface area (Å²) >= 11 is 3.22. The van der Waals surface area contributed by atoms with Gasteiger partial charge >= 0.3 is 0 Å². The quantitative estimate of drug-likeness (QED) is 0.811. The van der Waals surface area contributed by atoms with Crippen molar-refractivity contribution < 1.29 is 13.2 Å². The van der Waals surface area contributed by atoms with Gasteiger partial charge in [0.05, 0.1) is 4.90 Å². The van der Waals surface area contributed by atoms with Gasteiger partial charge < -0.3 is 4.57 Å². The first-order valence-electron chi connectivity index (χ1n) is 5.59. The first-order valence-corrected chi connectivity index (χ1v) is 7.87. The van der Waals surface area contributed by atoms with Crippen LogP contribution in [0.5, 0.6) is 0 Å². The second-order valence-corrected chi connectivity index (χ2v) is 6.62. The highest BCUT2D eigenvalue weighted by Gasteiger charge is 2.16.